The van der Waals surface area contributed by atoms with Crippen molar-refractivity contribution in [3.63, 3.8) is 0 Å². The molecule has 1 aromatic heterocycles. The molecule has 0 aromatic carbocycles. The largest absolute Gasteiger partial charge is 0.469 e. The third-order valence-corrected chi connectivity index (χ3v) is 4.33. The quantitative estimate of drug-likeness (QED) is 0.624. The number of methoxy groups -OCH3 is 1. The van der Waals surface area contributed by atoms with E-state index in [-0.39, 0.29) is 18.2 Å². The fourth-order valence-corrected chi connectivity index (χ4v) is 2.29. The zero-order valence-corrected chi connectivity index (χ0v) is 13.5. The lowest BCUT2D eigenvalue weighted by atomic mass is 9.68. The summed E-state index contributed by atoms with van der Waals surface area (Å²) in [4.78, 5) is 11.7. The van der Waals surface area contributed by atoms with Crippen LogP contribution >= 0.6 is 0 Å². The van der Waals surface area contributed by atoms with Gasteiger partial charge in [-0.25, -0.2) is 0 Å². The van der Waals surface area contributed by atoms with Crippen LogP contribution in [0.1, 0.15) is 45.6 Å². The van der Waals surface area contributed by atoms with E-state index in [2.05, 4.69) is 5.10 Å². The Labute approximate surface area is 125 Å². The molecule has 0 N–H and O–H groups in total. The lowest BCUT2D eigenvalue weighted by Gasteiger charge is -2.32. The predicted octanol–water partition coefficient (Wildman–Crippen LogP) is 1.70. The molecule has 116 valence electrons. The number of carbonyl (C=O) groups excluding carboxylic acids is 1. The molecule has 1 unspecified atom stereocenters. The van der Waals surface area contributed by atoms with Gasteiger partial charge in [0.25, 0.3) is 0 Å². The molecule has 2 heterocycles. The third kappa shape index (κ3) is 3.13. The van der Waals surface area contributed by atoms with E-state index in [1.54, 1.807) is 4.68 Å². The second-order valence-corrected chi connectivity index (χ2v) is 6.43. The first-order valence-electron chi connectivity index (χ1n) is 7.08. The van der Waals surface area contributed by atoms with Gasteiger partial charge in [0.05, 0.1) is 30.4 Å². The number of esters is 1. The Morgan fingerprint density at radius 2 is 1.95 bits per heavy atom. The molecule has 0 radical (unpaired) electrons. The first-order chi connectivity index (χ1) is 9.66. The fourth-order valence-electron chi connectivity index (χ4n) is 2.29. The van der Waals surface area contributed by atoms with Crippen LogP contribution in [0.4, 0.5) is 0 Å². The van der Waals surface area contributed by atoms with Crippen molar-refractivity contribution >= 4 is 13.1 Å². The number of hydrogen-bond donors (Lipinski definition) is 0. The topological polar surface area (TPSA) is 62.6 Å². The second kappa shape index (κ2) is 5.46. The molecule has 1 fully saturated rings. The Balaban J connectivity index is 2.27. The van der Waals surface area contributed by atoms with E-state index in [0.717, 1.165) is 5.69 Å². The summed E-state index contributed by atoms with van der Waals surface area (Å²) in [6, 6.07) is 1.87. The van der Waals surface area contributed by atoms with Gasteiger partial charge < -0.3 is 14.0 Å². The number of nitrogens with zero attached hydrogens (tertiary/aromatic N) is 2. The van der Waals surface area contributed by atoms with Crippen LogP contribution in [0.15, 0.2) is 12.3 Å². The second-order valence-electron chi connectivity index (χ2n) is 6.43. The predicted molar refractivity (Wildman–Crippen MR) is 78.7 cm³/mol. The highest BCUT2D eigenvalue weighted by Crippen LogP contribution is 2.41. The number of aryl methyl sites for hydroxylation is 1. The third-order valence-electron chi connectivity index (χ3n) is 4.33. The Bertz CT molecular complexity index is 511. The molecule has 1 aromatic rings. The van der Waals surface area contributed by atoms with Gasteiger partial charge in [0.15, 0.2) is 0 Å². The van der Waals surface area contributed by atoms with Crippen LogP contribution < -0.4 is 0 Å². The fraction of sp³-hybridized carbons (Fsp3) is 0.714. The standard InChI is InChI=1S/C14H23BN2O4/c1-13(2)14(3,4)21-15(20-13)10(9-12(18)19-6)11-7-8-17(5)16-11/h7-8,10H,9H2,1-6H3. The molecule has 0 amide bonds. The summed E-state index contributed by atoms with van der Waals surface area (Å²) in [5.41, 5.74) is -0.122. The zero-order chi connectivity index (χ0) is 15.8. The number of rotatable bonds is 4. The van der Waals surface area contributed by atoms with Gasteiger partial charge in [0, 0.05) is 19.1 Å². The average Bonchev–Trinajstić information content (AvgIpc) is 2.88. The van der Waals surface area contributed by atoms with E-state index in [9.17, 15) is 4.79 Å². The monoisotopic (exact) mass is 294 g/mol. The summed E-state index contributed by atoms with van der Waals surface area (Å²) in [6.07, 6.45) is 2.01. The van der Waals surface area contributed by atoms with Gasteiger partial charge in [-0.05, 0) is 33.8 Å². The van der Waals surface area contributed by atoms with Crippen LogP contribution in [0.3, 0.4) is 0 Å². The van der Waals surface area contributed by atoms with E-state index < -0.39 is 18.3 Å². The van der Waals surface area contributed by atoms with Crippen LogP contribution in [0.25, 0.3) is 0 Å². The van der Waals surface area contributed by atoms with Crippen molar-refractivity contribution in [2.75, 3.05) is 7.11 Å². The van der Waals surface area contributed by atoms with Crippen LogP contribution in [-0.2, 0) is 25.9 Å². The van der Waals surface area contributed by atoms with E-state index in [1.165, 1.54) is 7.11 Å². The van der Waals surface area contributed by atoms with Crippen molar-refractivity contribution in [1.82, 2.24) is 9.78 Å². The molecular weight excluding hydrogens is 271 g/mol. The molecule has 1 aliphatic heterocycles. The van der Waals surface area contributed by atoms with Gasteiger partial charge in [-0.1, -0.05) is 0 Å². The molecule has 21 heavy (non-hydrogen) atoms. The van der Waals surface area contributed by atoms with E-state index in [4.69, 9.17) is 14.0 Å². The minimum absolute atomic E-state index is 0.171. The first kappa shape index (κ1) is 16.0. The Hall–Kier alpha value is -1.34. The first-order valence-corrected chi connectivity index (χ1v) is 7.08. The molecule has 6 nitrogen and oxygen atoms in total. The maximum atomic E-state index is 11.7. The average molecular weight is 294 g/mol. The molecule has 1 atom stereocenters. The SMILES string of the molecule is COC(=O)CC(B1OC(C)(C)C(C)(C)O1)c1ccn(C)n1. The van der Waals surface area contributed by atoms with Crippen molar-refractivity contribution in [1.29, 1.82) is 0 Å². The lowest BCUT2D eigenvalue weighted by Crippen LogP contribution is -2.41. The van der Waals surface area contributed by atoms with Crippen molar-refractivity contribution in [3.8, 4) is 0 Å². The van der Waals surface area contributed by atoms with Crippen molar-refractivity contribution in [2.24, 2.45) is 7.05 Å². The number of hydrogen-bond acceptors (Lipinski definition) is 5. The molecule has 0 bridgehead atoms. The molecule has 1 saturated heterocycles. The van der Waals surface area contributed by atoms with Crippen LogP contribution in [0.5, 0.6) is 0 Å². The number of carbonyl (C=O) groups is 1. The van der Waals surface area contributed by atoms with Crippen LogP contribution in [0.2, 0.25) is 0 Å². The molecule has 0 aliphatic carbocycles. The van der Waals surface area contributed by atoms with Crippen molar-refractivity contribution in [2.45, 2.75) is 51.1 Å². The minimum atomic E-state index is -0.524. The van der Waals surface area contributed by atoms with Gasteiger partial charge in [-0.15, -0.1) is 0 Å². The van der Waals surface area contributed by atoms with E-state index in [1.807, 2.05) is 47.0 Å². The smallest absolute Gasteiger partial charge is 0.468 e. The maximum absolute atomic E-state index is 11.7. The normalized spacial score (nSPS) is 21.3. The number of aromatic nitrogens is 2. The summed E-state index contributed by atoms with van der Waals surface area (Å²) >= 11 is 0. The Kier molecular flexibility index (Phi) is 4.17. The number of ether oxygens (including phenoxy) is 1. The minimum Gasteiger partial charge on any atom is -0.469 e. The molecule has 1 aliphatic rings. The van der Waals surface area contributed by atoms with Crippen molar-refractivity contribution in [3.05, 3.63) is 18.0 Å². The van der Waals surface area contributed by atoms with E-state index in [0.29, 0.717) is 0 Å². The highest BCUT2D eigenvalue weighted by atomic mass is 16.7. The molecular formula is C14H23BN2O4. The van der Waals surface area contributed by atoms with Gasteiger partial charge in [0.2, 0.25) is 0 Å². The van der Waals surface area contributed by atoms with E-state index >= 15 is 0 Å². The molecule has 0 saturated carbocycles. The van der Waals surface area contributed by atoms with Gasteiger partial charge in [-0.2, -0.15) is 5.10 Å². The summed E-state index contributed by atoms with van der Waals surface area (Å²) in [5, 5.41) is 4.39. The van der Waals surface area contributed by atoms with Gasteiger partial charge in [0.1, 0.15) is 0 Å². The lowest BCUT2D eigenvalue weighted by molar-refractivity contribution is -0.140. The summed E-state index contributed by atoms with van der Waals surface area (Å²) < 4.78 is 18.6. The summed E-state index contributed by atoms with van der Waals surface area (Å²) in [5.74, 6) is -0.597. The van der Waals surface area contributed by atoms with Gasteiger partial charge in [-0.3, -0.25) is 9.48 Å². The zero-order valence-electron chi connectivity index (χ0n) is 13.5. The summed E-state index contributed by atoms with van der Waals surface area (Å²) in [6.45, 7) is 7.95. The Morgan fingerprint density at radius 3 is 2.38 bits per heavy atom. The highest BCUT2D eigenvalue weighted by Gasteiger charge is 2.54. The maximum Gasteiger partial charge on any atom is 0.468 e. The molecule has 7 heteroatoms. The summed E-state index contributed by atoms with van der Waals surface area (Å²) in [7, 11) is 2.69. The highest BCUT2D eigenvalue weighted by molar-refractivity contribution is 6.48. The van der Waals surface area contributed by atoms with Crippen LogP contribution in [0, 0.1) is 0 Å². The van der Waals surface area contributed by atoms with Gasteiger partial charge >= 0.3 is 13.1 Å². The van der Waals surface area contributed by atoms with Crippen molar-refractivity contribution < 1.29 is 18.8 Å². The van der Waals surface area contributed by atoms with Crippen LogP contribution in [-0.4, -0.2) is 41.2 Å². The molecule has 2 rings (SSSR count). The Morgan fingerprint density at radius 1 is 1.38 bits per heavy atom. The molecule has 0 spiro atoms.